The lowest BCUT2D eigenvalue weighted by Gasteiger charge is -2.10. The number of methoxy groups -OCH3 is 1. The van der Waals surface area contributed by atoms with Crippen LogP contribution in [0.2, 0.25) is 0 Å². The molecule has 0 spiro atoms. The smallest absolute Gasteiger partial charge is 0.158 e. The second-order valence-corrected chi connectivity index (χ2v) is 5.73. The van der Waals surface area contributed by atoms with Gasteiger partial charge in [0.1, 0.15) is 6.61 Å². The Labute approximate surface area is 83.0 Å². The fourth-order valence-corrected chi connectivity index (χ4v) is 3.53. The fourth-order valence-electron chi connectivity index (χ4n) is 1.61. The number of rotatable bonds is 4. The van der Waals surface area contributed by atoms with Crippen LogP contribution in [0.25, 0.3) is 0 Å². The van der Waals surface area contributed by atoms with Crippen molar-refractivity contribution >= 4 is 15.6 Å². The van der Waals surface area contributed by atoms with Crippen molar-refractivity contribution in [2.45, 2.75) is 12.5 Å². The van der Waals surface area contributed by atoms with Gasteiger partial charge in [-0.3, -0.25) is 4.79 Å². The standard InChI is InChI=1S/C8H14O5S/c1-13-3-7(9)2-6-4-14(11,12)5-8(6)10/h6,8,10H,2-5H2,1H3. The largest absolute Gasteiger partial charge is 0.392 e. The molecule has 6 heteroatoms. The molecule has 1 N–H and O–H groups in total. The highest BCUT2D eigenvalue weighted by Gasteiger charge is 2.37. The van der Waals surface area contributed by atoms with Crippen LogP contribution in [0, 0.1) is 5.92 Å². The van der Waals surface area contributed by atoms with E-state index in [9.17, 15) is 18.3 Å². The van der Waals surface area contributed by atoms with E-state index < -0.39 is 21.9 Å². The molecule has 2 unspecified atom stereocenters. The predicted octanol–water partition coefficient (Wildman–Crippen LogP) is -1.00. The first-order valence-electron chi connectivity index (χ1n) is 4.34. The minimum Gasteiger partial charge on any atom is -0.392 e. The van der Waals surface area contributed by atoms with Gasteiger partial charge in [-0.2, -0.15) is 0 Å². The molecule has 0 aromatic heterocycles. The van der Waals surface area contributed by atoms with Crippen molar-refractivity contribution in [1.82, 2.24) is 0 Å². The van der Waals surface area contributed by atoms with Gasteiger partial charge in [-0.25, -0.2) is 8.42 Å². The number of carbonyl (C=O) groups is 1. The van der Waals surface area contributed by atoms with Gasteiger partial charge in [0, 0.05) is 19.4 Å². The van der Waals surface area contributed by atoms with Crippen molar-refractivity contribution in [3.05, 3.63) is 0 Å². The molecule has 5 nitrogen and oxygen atoms in total. The van der Waals surface area contributed by atoms with Crippen LogP contribution in [0.15, 0.2) is 0 Å². The zero-order valence-electron chi connectivity index (χ0n) is 7.97. The minimum absolute atomic E-state index is 0.0245. The summed E-state index contributed by atoms with van der Waals surface area (Å²) in [7, 11) is -1.75. The number of aliphatic hydroxyl groups is 1. The van der Waals surface area contributed by atoms with Crippen molar-refractivity contribution in [1.29, 1.82) is 0 Å². The normalized spacial score (nSPS) is 30.4. The fraction of sp³-hybridized carbons (Fsp3) is 0.875. The second-order valence-electron chi connectivity index (χ2n) is 3.58. The zero-order chi connectivity index (χ0) is 10.8. The molecule has 0 aromatic carbocycles. The van der Waals surface area contributed by atoms with Crippen LogP contribution in [0.5, 0.6) is 0 Å². The SMILES string of the molecule is COCC(=O)CC1CS(=O)(=O)CC1O. The molecule has 0 saturated carbocycles. The summed E-state index contributed by atoms with van der Waals surface area (Å²) in [6.45, 7) is -0.0245. The maximum atomic E-state index is 11.1. The Morgan fingerprint density at radius 2 is 2.14 bits per heavy atom. The summed E-state index contributed by atoms with van der Waals surface area (Å²) >= 11 is 0. The molecule has 1 rings (SSSR count). The molecule has 0 aromatic rings. The maximum absolute atomic E-state index is 11.1. The molecular formula is C8H14O5S. The molecule has 82 valence electrons. The van der Waals surface area contributed by atoms with Gasteiger partial charge < -0.3 is 9.84 Å². The average molecular weight is 222 g/mol. The van der Waals surface area contributed by atoms with Crippen LogP contribution >= 0.6 is 0 Å². The van der Waals surface area contributed by atoms with Crippen LogP contribution in [0.4, 0.5) is 0 Å². The molecule has 1 aliphatic rings. The molecular weight excluding hydrogens is 208 g/mol. The number of hydrogen-bond acceptors (Lipinski definition) is 5. The van der Waals surface area contributed by atoms with Crippen molar-refractivity contribution in [2.24, 2.45) is 5.92 Å². The van der Waals surface area contributed by atoms with E-state index in [1.165, 1.54) is 7.11 Å². The van der Waals surface area contributed by atoms with Crippen LogP contribution in [0.3, 0.4) is 0 Å². The molecule has 1 aliphatic heterocycles. The number of ether oxygens (including phenoxy) is 1. The highest BCUT2D eigenvalue weighted by Crippen LogP contribution is 2.22. The minimum atomic E-state index is -3.15. The zero-order valence-corrected chi connectivity index (χ0v) is 8.79. The molecule has 0 bridgehead atoms. The topological polar surface area (TPSA) is 80.7 Å². The number of aliphatic hydroxyl groups excluding tert-OH is 1. The van der Waals surface area contributed by atoms with E-state index in [0.717, 1.165) is 0 Å². The summed E-state index contributed by atoms with van der Waals surface area (Å²) in [4.78, 5) is 11.1. The van der Waals surface area contributed by atoms with Gasteiger partial charge >= 0.3 is 0 Å². The summed E-state index contributed by atoms with van der Waals surface area (Å²) in [6.07, 6.45) is -0.824. The molecule has 14 heavy (non-hydrogen) atoms. The average Bonchev–Trinajstić information content (AvgIpc) is 2.25. The lowest BCUT2D eigenvalue weighted by Crippen LogP contribution is -2.22. The van der Waals surface area contributed by atoms with Gasteiger partial charge in [-0.05, 0) is 0 Å². The third-order valence-electron chi connectivity index (χ3n) is 2.23. The Morgan fingerprint density at radius 3 is 2.57 bits per heavy atom. The highest BCUT2D eigenvalue weighted by molar-refractivity contribution is 7.91. The first-order valence-corrected chi connectivity index (χ1v) is 6.16. The number of Topliss-reactive ketones (excluding diaryl/α,β-unsaturated/α-hetero) is 1. The van der Waals surface area contributed by atoms with Gasteiger partial charge in [0.15, 0.2) is 15.6 Å². The highest BCUT2D eigenvalue weighted by atomic mass is 32.2. The van der Waals surface area contributed by atoms with E-state index in [1.807, 2.05) is 0 Å². The number of sulfone groups is 1. The van der Waals surface area contributed by atoms with Gasteiger partial charge in [-0.15, -0.1) is 0 Å². The Hall–Kier alpha value is -0.460. The quantitative estimate of drug-likeness (QED) is 0.659. The molecule has 1 heterocycles. The Morgan fingerprint density at radius 1 is 1.50 bits per heavy atom. The van der Waals surface area contributed by atoms with Crippen LogP contribution in [-0.4, -0.2) is 50.6 Å². The van der Waals surface area contributed by atoms with E-state index in [-0.39, 0.29) is 30.3 Å². The van der Waals surface area contributed by atoms with E-state index in [0.29, 0.717) is 0 Å². The third-order valence-corrected chi connectivity index (χ3v) is 4.02. The maximum Gasteiger partial charge on any atom is 0.158 e. The Balaban J connectivity index is 2.51. The van der Waals surface area contributed by atoms with Gasteiger partial charge in [0.25, 0.3) is 0 Å². The molecule has 1 saturated heterocycles. The van der Waals surface area contributed by atoms with Crippen LogP contribution in [0.1, 0.15) is 6.42 Å². The van der Waals surface area contributed by atoms with Crippen LogP contribution in [-0.2, 0) is 19.4 Å². The van der Waals surface area contributed by atoms with Crippen molar-refractivity contribution < 1.29 is 23.1 Å². The summed E-state index contributed by atoms with van der Waals surface area (Å²) < 4.78 is 26.8. The van der Waals surface area contributed by atoms with Crippen molar-refractivity contribution in [3.8, 4) is 0 Å². The van der Waals surface area contributed by atoms with Gasteiger partial charge in [0.2, 0.25) is 0 Å². The summed E-state index contributed by atoms with van der Waals surface area (Å²) in [5.74, 6) is -0.946. The first kappa shape index (κ1) is 11.6. The molecule has 0 amide bonds. The molecule has 2 atom stereocenters. The molecule has 1 fully saturated rings. The lowest BCUT2D eigenvalue weighted by molar-refractivity contribution is -0.124. The lowest BCUT2D eigenvalue weighted by atomic mass is 10.00. The Kier molecular flexibility index (Phi) is 3.63. The summed E-state index contributed by atoms with van der Waals surface area (Å²) in [5, 5.41) is 9.37. The number of hydrogen-bond donors (Lipinski definition) is 1. The number of carbonyl (C=O) groups excluding carboxylic acids is 1. The van der Waals surface area contributed by atoms with Gasteiger partial charge in [0.05, 0.1) is 17.6 Å². The van der Waals surface area contributed by atoms with E-state index in [1.54, 1.807) is 0 Å². The summed E-state index contributed by atoms with van der Waals surface area (Å²) in [6, 6.07) is 0. The van der Waals surface area contributed by atoms with E-state index >= 15 is 0 Å². The third kappa shape index (κ3) is 3.04. The van der Waals surface area contributed by atoms with Crippen molar-refractivity contribution in [2.75, 3.05) is 25.2 Å². The number of ketones is 1. The van der Waals surface area contributed by atoms with Crippen molar-refractivity contribution in [3.63, 3.8) is 0 Å². The van der Waals surface area contributed by atoms with E-state index in [4.69, 9.17) is 0 Å². The molecule has 0 aliphatic carbocycles. The summed E-state index contributed by atoms with van der Waals surface area (Å²) in [5.41, 5.74) is 0. The molecule has 0 radical (unpaired) electrons. The monoisotopic (exact) mass is 222 g/mol. The first-order chi connectivity index (χ1) is 6.44. The van der Waals surface area contributed by atoms with E-state index in [2.05, 4.69) is 4.74 Å². The van der Waals surface area contributed by atoms with Gasteiger partial charge in [-0.1, -0.05) is 0 Å². The predicted molar refractivity (Wildman–Crippen MR) is 49.7 cm³/mol. The second kappa shape index (κ2) is 4.37. The van der Waals surface area contributed by atoms with Crippen LogP contribution < -0.4 is 0 Å². The Bertz CT molecular complexity index is 308.